The number of nitrogens with zero attached hydrogens (tertiary/aromatic N) is 3. The minimum atomic E-state index is 0.324. The number of ether oxygens (including phenoxy) is 1. The summed E-state index contributed by atoms with van der Waals surface area (Å²) in [4.78, 5) is 4.53. The summed E-state index contributed by atoms with van der Waals surface area (Å²) in [5, 5.41) is 14.5. The van der Waals surface area contributed by atoms with Crippen molar-refractivity contribution in [3.63, 3.8) is 0 Å². The Hall–Kier alpha value is -3.69. The first-order valence-corrected chi connectivity index (χ1v) is 10.1. The first-order valence-electron chi connectivity index (χ1n) is 9.28. The molecular formula is C24H17BrN4O. The zero-order valence-corrected chi connectivity index (χ0v) is 17.5. The topological polar surface area (TPSA) is 70.3 Å². The Bertz CT molecular complexity index is 1260. The molecule has 3 aromatic carbocycles. The van der Waals surface area contributed by atoms with E-state index >= 15 is 0 Å². The average molecular weight is 457 g/mol. The summed E-state index contributed by atoms with van der Waals surface area (Å²) in [5.74, 6) is 1.38. The SMILES string of the molecule is N#Cc1ccccc1COc1ccc(/C=N\Nc2ccc3ccccc3n2)cc1Br. The third-order valence-corrected chi connectivity index (χ3v) is 5.09. The Labute approximate surface area is 182 Å². The van der Waals surface area contributed by atoms with Gasteiger partial charge in [0.05, 0.1) is 27.8 Å². The number of nitriles is 1. The van der Waals surface area contributed by atoms with Gasteiger partial charge in [0, 0.05) is 10.9 Å². The van der Waals surface area contributed by atoms with Gasteiger partial charge in [0.15, 0.2) is 0 Å². The lowest BCUT2D eigenvalue weighted by Crippen LogP contribution is -1.99. The molecule has 0 saturated heterocycles. The Morgan fingerprint density at radius 1 is 1.03 bits per heavy atom. The van der Waals surface area contributed by atoms with Gasteiger partial charge in [-0.3, -0.25) is 5.43 Å². The molecule has 0 unspecified atom stereocenters. The molecule has 5 nitrogen and oxygen atoms in total. The lowest BCUT2D eigenvalue weighted by molar-refractivity contribution is 0.304. The van der Waals surface area contributed by atoms with Gasteiger partial charge < -0.3 is 4.74 Å². The summed E-state index contributed by atoms with van der Waals surface area (Å²) in [7, 11) is 0. The van der Waals surface area contributed by atoms with E-state index in [-0.39, 0.29) is 0 Å². The third-order valence-electron chi connectivity index (χ3n) is 4.47. The molecular weight excluding hydrogens is 440 g/mol. The number of rotatable bonds is 6. The number of para-hydroxylation sites is 1. The molecule has 4 aromatic rings. The van der Waals surface area contributed by atoms with Crippen molar-refractivity contribution in [3.05, 3.63) is 100 Å². The van der Waals surface area contributed by atoms with Crippen LogP contribution in [0.15, 0.2) is 88.4 Å². The van der Waals surface area contributed by atoms with Crippen molar-refractivity contribution >= 4 is 38.9 Å². The fourth-order valence-electron chi connectivity index (χ4n) is 2.93. The summed E-state index contributed by atoms with van der Waals surface area (Å²) in [5.41, 5.74) is 6.25. The average Bonchev–Trinajstić information content (AvgIpc) is 2.78. The third kappa shape index (κ3) is 4.65. The van der Waals surface area contributed by atoms with Crippen LogP contribution in [-0.2, 0) is 6.61 Å². The van der Waals surface area contributed by atoms with Gasteiger partial charge >= 0.3 is 0 Å². The van der Waals surface area contributed by atoms with Crippen molar-refractivity contribution in [1.29, 1.82) is 5.26 Å². The molecule has 146 valence electrons. The summed E-state index contributed by atoms with van der Waals surface area (Å²) < 4.78 is 6.68. The lowest BCUT2D eigenvalue weighted by Gasteiger charge is -2.10. The van der Waals surface area contributed by atoms with E-state index in [2.05, 4.69) is 37.5 Å². The largest absolute Gasteiger partial charge is 0.488 e. The van der Waals surface area contributed by atoms with E-state index < -0.39 is 0 Å². The van der Waals surface area contributed by atoms with E-state index in [4.69, 9.17) is 4.74 Å². The lowest BCUT2D eigenvalue weighted by atomic mass is 10.1. The van der Waals surface area contributed by atoms with Crippen LogP contribution in [0.3, 0.4) is 0 Å². The molecule has 1 N–H and O–H groups in total. The molecule has 0 amide bonds. The fourth-order valence-corrected chi connectivity index (χ4v) is 3.44. The standard InChI is InChI=1S/C24H17BrN4O/c25-21-13-17(9-11-23(21)30-16-20-7-2-1-6-19(20)14-26)15-27-29-24-12-10-18-5-3-4-8-22(18)28-24/h1-13,15H,16H2,(H,28,29)/b27-15-. The number of aromatic nitrogens is 1. The summed E-state index contributed by atoms with van der Waals surface area (Å²) >= 11 is 3.54. The predicted octanol–water partition coefficient (Wildman–Crippen LogP) is 5.89. The number of anilines is 1. The number of hydrogen-bond donors (Lipinski definition) is 1. The maximum atomic E-state index is 9.18. The van der Waals surface area contributed by atoms with Crippen LogP contribution in [0.25, 0.3) is 10.9 Å². The van der Waals surface area contributed by atoms with Crippen molar-refractivity contribution in [2.75, 3.05) is 5.43 Å². The monoisotopic (exact) mass is 456 g/mol. The highest BCUT2D eigenvalue weighted by Gasteiger charge is 2.05. The van der Waals surface area contributed by atoms with Crippen LogP contribution in [0.5, 0.6) is 5.75 Å². The van der Waals surface area contributed by atoms with Gasteiger partial charge in [-0.05, 0) is 64.0 Å². The van der Waals surface area contributed by atoms with Gasteiger partial charge in [0.25, 0.3) is 0 Å². The quantitative estimate of drug-likeness (QED) is 0.289. The molecule has 0 bridgehead atoms. The number of hydrogen-bond acceptors (Lipinski definition) is 5. The van der Waals surface area contributed by atoms with Crippen LogP contribution in [0, 0.1) is 11.3 Å². The first-order chi connectivity index (χ1) is 14.7. The Morgan fingerprint density at radius 3 is 2.73 bits per heavy atom. The highest BCUT2D eigenvalue weighted by Crippen LogP contribution is 2.27. The van der Waals surface area contributed by atoms with Gasteiger partial charge in [-0.2, -0.15) is 10.4 Å². The molecule has 0 aliphatic heterocycles. The second-order valence-corrected chi connectivity index (χ2v) is 7.36. The number of fused-ring (bicyclic) bond motifs is 1. The molecule has 0 fully saturated rings. The van der Waals surface area contributed by atoms with E-state index in [0.29, 0.717) is 23.7 Å². The van der Waals surface area contributed by atoms with E-state index in [1.54, 1.807) is 12.3 Å². The van der Waals surface area contributed by atoms with E-state index in [0.717, 1.165) is 26.5 Å². The van der Waals surface area contributed by atoms with Gasteiger partial charge in [-0.15, -0.1) is 0 Å². The van der Waals surface area contributed by atoms with Crippen LogP contribution in [0.1, 0.15) is 16.7 Å². The van der Waals surface area contributed by atoms with E-state index in [9.17, 15) is 5.26 Å². The van der Waals surface area contributed by atoms with Crippen molar-refractivity contribution in [1.82, 2.24) is 4.98 Å². The molecule has 0 aliphatic rings. The summed E-state index contributed by atoms with van der Waals surface area (Å²) in [6.07, 6.45) is 1.72. The summed E-state index contributed by atoms with van der Waals surface area (Å²) in [6, 6.07) is 27.1. The van der Waals surface area contributed by atoms with Crippen LogP contribution < -0.4 is 10.2 Å². The zero-order valence-electron chi connectivity index (χ0n) is 15.9. The molecule has 0 spiro atoms. The van der Waals surface area contributed by atoms with Crippen molar-refractivity contribution in [2.45, 2.75) is 6.61 Å². The van der Waals surface area contributed by atoms with Gasteiger partial charge in [0.2, 0.25) is 0 Å². The molecule has 1 aromatic heterocycles. The van der Waals surface area contributed by atoms with Crippen molar-refractivity contribution in [3.8, 4) is 11.8 Å². The molecule has 1 heterocycles. The second kappa shape index (κ2) is 9.21. The molecule has 0 atom stereocenters. The van der Waals surface area contributed by atoms with Gasteiger partial charge in [-0.25, -0.2) is 4.98 Å². The fraction of sp³-hybridized carbons (Fsp3) is 0.0417. The number of halogens is 1. The number of nitrogens with one attached hydrogen (secondary N) is 1. The van der Waals surface area contributed by atoms with Gasteiger partial charge in [0.1, 0.15) is 18.2 Å². The minimum Gasteiger partial charge on any atom is -0.488 e. The molecule has 0 radical (unpaired) electrons. The van der Waals surface area contributed by atoms with Crippen LogP contribution in [-0.4, -0.2) is 11.2 Å². The molecule has 0 aliphatic carbocycles. The van der Waals surface area contributed by atoms with Crippen molar-refractivity contribution in [2.24, 2.45) is 5.10 Å². The maximum absolute atomic E-state index is 9.18. The zero-order chi connectivity index (χ0) is 20.8. The smallest absolute Gasteiger partial charge is 0.146 e. The Kier molecular flexibility index (Phi) is 6.02. The van der Waals surface area contributed by atoms with Crippen LogP contribution in [0.2, 0.25) is 0 Å². The second-order valence-electron chi connectivity index (χ2n) is 6.51. The molecule has 6 heteroatoms. The highest BCUT2D eigenvalue weighted by atomic mass is 79.9. The van der Waals surface area contributed by atoms with Crippen LogP contribution in [0.4, 0.5) is 5.82 Å². The van der Waals surface area contributed by atoms with Gasteiger partial charge in [-0.1, -0.05) is 36.4 Å². The normalized spacial score (nSPS) is 10.8. The maximum Gasteiger partial charge on any atom is 0.146 e. The Morgan fingerprint density at radius 2 is 1.87 bits per heavy atom. The summed E-state index contributed by atoms with van der Waals surface area (Å²) in [6.45, 7) is 0.324. The predicted molar refractivity (Wildman–Crippen MR) is 123 cm³/mol. The van der Waals surface area contributed by atoms with E-state index in [1.165, 1.54) is 0 Å². The number of pyridine rings is 1. The highest BCUT2D eigenvalue weighted by molar-refractivity contribution is 9.10. The first kappa shape index (κ1) is 19.6. The minimum absolute atomic E-state index is 0.324. The number of hydrazone groups is 1. The molecule has 30 heavy (non-hydrogen) atoms. The molecule has 4 rings (SSSR count). The number of benzene rings is 3. The van der Waals surface area contributed by atoms with Crippen molar-refractivity contribution < 1.29 is 4.74 Å². The van der Waals surface area contributed by atoms with E-state index in [1.807, 2.05) is 72.8 Å². The Balaban J connectivity index is 1.40. The van der Waals surface area contributed by atoms with Crippen LogP contribution >= 0.6 is 15.9 Å². The molecule has 0 saturated carbocycles.